The minimum absolute atomic E-state index is 0.0149. The summed E-state index contributed by atoms with van der Waals surface area (Å²) < 4.78 is 19.9. The zero-order valence-corrected chi connectivity index (χ0v) is 16.3. The molecule has 0 N–H and O–H groups in total. The van der Waals surface area contributed by atoms with Crippen LogP contribution in [0.5, 0.6) is 0 Å². The van der Waals surface area contributed by atoms with Crippen LogP contribution in [0.4, 0.5) is 9.52 Å². The Morgan fingerprint density at radius 2 is 2.07 bits per heavy atom. The molecule has 1 saturated heterocycles. The lowest BCUT2D eigenvalue weighted by molar-refractivity contribution is -0.116. The highest BCUT2D eigenvalue weighted by atomic mass is 32.2. The van der Waals surface area contributed by atoms with Gasteiger partial charge in [0.2, 0.25) is 5.91 Å². The van der Waals surface area contributed by atoms with Crippen molar-refractivity contribution in [2.75, 3.05) is 23.8 Å². The number of hydrogen-bond donors (Lipinski definition) is 0. The summed E-state index contributed by atoms with van der Waals surface area (Å²) in [7, 11) is 0. The Morgan fingerprint density at radius 1 is 1.26 bits per heavy atom. The lowest BCUT2D eigenvalue weighted by Gasteiger charge is -2.23. The summed E-state index contributed by atoms with van der Waals surface area (Å²) in [5, 5.41) is 0.705. The lowest BCUT2D eigenvalue weighted by Crippen LogP contribution is -2.38. The van der Waals surface area contributed by atoms with Crippen molar-refractivity contribution in [2.45, 2.75) is 23.8 Å². The molecule has 27 heavy (non-hydrogen) atoms. The van der Waals surface area contributed by atoms with Crippen molar-refractivity contribution in [1.82, 2.24) is 4.98 Å². The number of anilines is 1. The number of halogens is 1. The fourth-order valence-corrected chi connectivity index (χ4v) is 4.77. The Kier molecular flexibility index (Phi) is 5.71. The van der Waals surface area contributed by atoms with Gasteiger partial charge in [0.05, 0.1) is 28.6 Å². The van der Waals surface area contributed by atoms with Crippen LogP contribution in [-0.4, -0.2) is 35.9 Å². The summed E-state index contributed by atoms with van der Waals surface area (Å²) in [6.45, 7) is 1.26. The maximum atomic E-state index is 13.1. The second kappa shape index (κ2) is 8.37. The van der Waals surface area contributed by atoms with E-state index in [9.17, 15) is 9.18 Å². The van der Waals surface area contributed by atoms with E-state index in [1.807, 2.05) is 24.3 Å². The van der Waals surface area contributed by atoms with E-state index in [0.717, 1.165) is 34.6 Å². The first-order chi connectivity index (χ1) is 13.2. The van der Waals surface area contributed by atoms with Crippen LogP contribution in [-0.2, 0) is 9.53 Å². The molecule has 0 spiro atoms. The molecule has 1 aromatic heterocycles. The van der Waals surface area contributed by atoms with Crippen LogP contribution in [0.15, 0.2) is 53.4 Å². The van der Waals surface area contributed by atoms with Gasteiger partial charge in [-0.15, -0.1) is 11.8 Å². The smallest absolute Gasteiger partial charge is 0.239 e. The average molecular weight is 403 g/mol. The Balaban J connectivity index is 1.52. The molecule has 1 aliphatic heterocycles. The predicted molar refractivity (Wildman–Crippen MR) is 108 cm³/mol. The maximum absolute atomic E-state index is 13.1. The van der Waals surface area contributed by atoms with Crippen LogP contribution in [0, 0.1) is 5.82 Å². The molecule has 0 radical (unpaired) electrons. The second-order valence-electron chi connectivity index (χ2n) is 6.35. The monoisotopic (exact) mass is 402 g/mol. The minimum atomic E-state index is -0.278. The molecule has 7 heteroatoms. The van der Waals surface area contributed by atoms with Crippen molar-refractivity contribution in [1.29, 1.82) is 0 Å². The van der Waals surface area contributed by atoms with Crippen molar-refractivity contribution in [3.63, 3.8) is 0 Å². The predicted octanol–water partition coefficient (Wildman–Crippen LogP) is 4.74. The molecule has 4 rings (SSSR count). The number of hydrogen-bond acceptors (Lipinski definition) is 5. The molecule has 1 atom stereocenters. The quantitative estimate of drug-likeness (QED) is 0.559. The Bertz CT molecular complexity index is 890. The van der Waals surface area contributed by atoms with E-state index in [0.29, 0.717) is 11.7 Å². The Hall–Kier alpha value is -1.96. The second-order valence-corrected chi connectivity index (χ2v) is 8.40. The molecule has 4 nitrogen and oxygen atoms in total. The van der Waals surface area contributed by atoms with E-state index in [1.54, 1.807) is 17.0 Å². The average Bonchev–Trinajstić information content (AvgIpc) is 3.34. The van der Waals surface area contributed by atoms with Crippen molar-refractivity contribution in [3.05, 3.63) is 54.3 Å². The van der Waals surface area contributed by atoms with Crippen LogP contribution in [0.3, 0.4) is 0 Å². The van der Waals surface area contributed by atoms with Gasteiger partial charge < -0.3 is 4.74 Å². The maximum Gasteiger partial charge on any atom is 0.239 e. The molecule has 0 bridgehead atoms. The van der Waals surface area contributed by atoms with Crippen LogP contribution < -0.4 is 4.90 Å². The first kappa shape index (κ1) is 18.4. The van der Waals surface area contributed by atoms with Crippen molar-refractivity contribution >= 4 is 44.4 Å². The number of carbonyl (C=O) groups is 1. The number of nitrogens with zero attached hydrogens (tertiary/aromatic N) is 2. The minimum Gasteiger partial charge on any atom is -0.376 e. The molecule has 0 saturated carbocycles. The molecule has 1 aliphatic rings. The number of amides is 1. The first-order valence-electron chi connectivity index (χ1n) is 8.85. The normalized spacial score (nSPS) is 16.7. The van der Waals surface area contributed by atoms with Gasteiger partial charge in [-0.25, -0.2) is 9.37 Å². The largest absolute Gasteiger partial charge is 0.376 e. The van der Waals surface area contributed by atoms with Crippen LogP contribution in [0.25, 0.3) is 10.2 Å². The SMILES string of the molecule is O=C(CSc1ccc(F)cc1)N(CC1CCCO1)c1nc2ccccc2s1. The fourth-order valence-electron chi connectivity index (χ4n) is 3.01. The van der Waals surface area contributed by atoms with Gasteiger partial charge in [0.25, 0.3) is 0 Å². The number of carbonyl (C=O) groups excluding carboxylic acids is 1. The van der Waals surface area contributed by atoms with Gasteiger partial charge >= 0.3 is 0 Å². The Morgan fingerprint density at radius 3 is 2.81 bits per heavy atom. The van der Waals surface area contributed by atoms with Gasteiger partial charge in [-0.05, 0) is 49.2 Å². The third-order valence-corrected chi connectivity index (χ3v) is 6.46. The van der Waals surface area contributed by atoms with E-state index >= 15 is 0 Å². The highest BCUT2D eigenvalue weighted by Crippen LogP contribution is 2.30. The summed E-state index contributed by atoms with van der Waals surface area (Å²) in [5.41, 5.74) is 0.897. The number of fused-ring (bicyclic) bond motifs is 1. The molecule has 1 amide bonds. The van der Waals surface area contributed by atoms with Crippen LogP contribution in [0.1, 0.15) is 12.8 Å². The number of aromatic nitrogens is 1. The number of benzene rings is 2. The zero-order chi connectivity index (χ0) is 18.6. The van der Waals surface area contributed by atoms with Gasteiger partial charge in [0.15, 0.2) is 5.13 Å². The molecule has 140 valence electrons. The van der Waals surface area contributed by atoms with Crippen LogP contribution >= 0.6 is 23.1 Å². The first-order valence-corrected chi connectivity index (χ1v) is 10.7. The van der Waals surface area contributed by atoms with E-state index in [2.05, 4.69) is 4.98 Å². The molecular weight excluding hydrogens is 383 g/mol. The highest BCUT2D eigenvalue weighted by molar-refractivity contribution is 8.00. The van der Waals surface area contributed by atoms with Gasteiger partial charge in [0, 0.05) is 11.5 Å². The number of ether oxygens (including phenoxy) is 1. The topological polar surface area (TPSA) is 42.4 Å². The zero-order valence-electron chi connectivity index (χ0n) is 14.6. The van der Waals surface area contributed by atoms with Crippen molar-refractivity contribution < 1.29 is 13.9 Å². The standard InChI is InChI=1S/C20H19FN2O2S2/c21-14-7-9-16(10-8-14)26-13-19(24)23(12-15-4-3-11-25-15)20-22-17-5-1-2-6-18(17)27-20/h1-2,5-10,15H,3-4,11-13H2. The number of thiazole rings is 1. The molecule has 0 aliphatic carbocycles. The summed E-state index contributed by atoms with van der Waals surface area (Å²) in [4.78, 5) is 20.3. The third kappa shape index (κ3) is 4.48. The fraction of sp³-hybridized carbons (Fsp3) is 0.300. The van der Waals surface area contributed by atoms with E-state index in [1.165, 1.54) is 35.2 Å². The molecule has 2 aromatic carbocycles. The summed E-state index contributed by atoms with van der Waals surface area (Å²) in [6, 6.07) is 14.1. The van der Waals surface area contributed by atoms with Crippen LogP contribution in [0.2, 0.25) is 0 Å². The van der Waals surface area contributed by atoms with Crippen molar-refractivity contribution in [2.24, 2.45) is 0 Å². The lowest BCUT2D eigenvalue weighted by atomic mass is 10.2. The molecule has 1 unspecified atom stereocenters. The van der Waals surface area contributed by atoms with Gasteiger partial charge in [-0.1, -0.05) is 23.5 Å². The van der Waals surface area contributed by atoms with E-state index in [4.69, 9.17) is 4.74 Å². The summed E-state index contributed by atoms with van der Waals surface area (Å²) in [5.74, 6) is -0.0205. The highest BCUT2D eigenvalue weighted by Gasteiger charge is 2.26. The van der Waals surface area contributed by atoms with E-state index < -0.39 is 0 Å². The number of rotatable bonds is 6. The third-order valence-electron chi connectivity index (χ3n) is 4.40. The molecule has 2 heterocycles. The molecule has 3 aromatic rings. The summed E-state index contributed by atoms with van der Waals surface area (Å²) in [6.07, 6.45) is 2.04. The number of thioether (sulfide) groups is 1. The Labute approximate surface area is 165 Å². The summed E-state index contributed by atoms with van der Waals surface area (Å²) >= 11 is 2.92. The molecular formula is C20H19FN2O2S2. The molecule has 1 fully saturated rings. The van der Waals surface area contributed by atoms with E-state index in [-0.39, 0.29) is 23.6 Å². The van der Waals surface area contributed by atoms with Gasteiger partial charge in [-0.2, -0.15) is 0 Å². The van der Waals surface area contributed by atoms with Gasteiger partial charge in [-0.3, -0.25) is 9.69 Å². The van der Waals surface area contributed by atoms with Crippen molar-refractivity contribution in [3.8, 4) is 0 Å². The van der Waals surface area contributed by atoms with Gasteiger partial charge in [0.1, 0.15) is 5.82 Å². The number of para-hydroxylation sites is 1.